The fraction of sp³-hybridized carbons (Fsp3) is 0.417. The molecule has 0 radical (unpaired) electrons. The number of halogens is 4. The van der Waals surface area contributed by atoms with Gasteiger partial charge in [-0.05, 0) is 18.6 Å². The van der Waals surface area contributed by atoms with Crippen molar-refractivity contribution in [3.05, 3.63) is 35.1 Å². The van der Waals surface area contributed by atoms with Crippen LogP contribution in [0, 0.1) is 5.82 Å². The topological polar surface area (TPSA) is 46.3 Å². The Morgan fingerprint density at radius 3 is 2.58 bits per heavy atom. The second-order valence-corrected chi connectivity index (χ2v) is 4.46. The Labute approximate surface area is 107 Å². The summed E-state index contributed by atoms with van der Waals surface area (Å²) in [5, 5.41) is 0. The average Bonchev–Trinajstić information content (AvgIpc) is 2.74. The monoisotopic (exact) mass is 276 g/mol. The van der Waals surface area contributed by atoms with Crippen LogP contribution in [0.1, 0.15) is 22.3 Å². The summed E-state index contributed by atoms with van der Waals surface area (Å²) in [6.45, 7) is 0.560. The molecule has 7 heteroatoms. The van der Waals surface area contributed by atoms with Crippen molar-refractivity contribution in [2.75, 3.05) is 13.1 Å². The van der Waals surface area contributed by atoms with Gasteiger partial charge in [0.1, 0.15) is 5.82 Å². The summed E-state index contributed by atoms with van der Waals surface area (Å²) in [7, 11) is 0. The molecule has 1 amide bonds. The lowest BCUT2D eigenvalue weighted by molar-refractivity contribution is -0.140. The van der Waals surface area contributed by atoms with Crippen LogP contribution in [-0.2, 0) is 6.18 Å². The smallest absolute Gasteiger partial charge is 0.337 e. The standard InChI is InChI=1S/C12H12F4N2O/c13-10-8(2-1-3-9(10)12(14,15)16)11(19)18-5-4-7(17)6-18/h1-3,7H,4-6,17H2/t7-/m0/s1. The van der Waals surface area contributed by atoms with Gasteiger partial charge in [-0.2, -0.15) is 13.2 Å². The largest absolute Gasteiger partial charge is 0.419 e. The van der Waals surface area contributed by atoms with Gasteiger partial charge in [-0.1, -0.05) is 6.07 Å². The zero-order chi connectivity index (χ0) is 14.2. The van der Waals surface area contributed by atoms with E-state index in [0.717, 1.165) is 12.1 Å². The first-order chi connectivity index (χ1) is 8.80. The van der Waals surface area contributed by atoms with E-state index >= 15 is 0 Å². The van der Waals surface area contributed by atoms with Crippen molar-refractivity contribution in [3.8, 4) is 0 Å². The molecule has 2 rings (SSSR count). The number of benzene rings is 1. The Morgan fingerprint density at radius 2 is 2.05 bits per heavy atom. The van der Waals surface area contributed by atoms with E-state index in [1.54, 1.807) is 0 Å². The molecule has 1 aromatic rings. The normalized spacial score (nSPS) is 19.8. The van der Waals surface area contributed by atoms with Gasteiger partial charge in [0.25, 0.3) is 5.91 Å². The predicted molar refractivity (Wildman–Crippen MR) is 59.9 cm³/mol. The van der Waals surface area contributed by atoms with Gasteiger partial charge >= 0.3 is 6.18 Å². The van der Waals surface area contributed by atoms with E-state index in [4.69, 9.17) is 5.73 Å². The molecule has 1 heterocycles. The number of rotatable bonds is 1. The van der Waals surface area contributed by atoms with Gasteiger partial charge in [0.2, 0.25) is 0 Å². The van der Waals surface area contributed by atoms with E-state index in [2.05, 4.69) is 0 Å². The maximum atomic E-state index is 13.8. The summed E-state index contributed by atoms with van der Waals surface area (Å²) in [6, 6.07) is 2.48. The van der Waals surface area contributed by atoms with Crippen molar-refractivity contribution in [2.45, 2.75) is 18.6 Å². The Kier molecular flexibility index (Phi) is 3.49. The minimum atomic E-state index is -4.82. The molecule has 0 aromatic heterocycles. The van der Waals surface area contributed by atoms with Crippen molar-refractivity contribution in [2.24, 2.45) is 5.73 Å². The first kappa shape index (κ1) is 13.8. The minimum absolute atomic E-state index is 0.210. The summed E-state index contributed by atoms with van der Waals surface area (Å²) in [5.41, 5.74) is 3.62. The van der Waals surface area contributed by atoms with Crippen molar-refractivity contribution in [1.82, 2.24) is 4.90 Å². The van der Waals surface area contributed by atoms with Crippen LogP contribution in [0.3, 0.4) is 0 Å². The van der Waals surface area contributed by atoms with Gasteiger partial charge < -0.3 is 10.6 Å². The number of alkyl halides is 3. The van der Waals surface area contributed by atoms with E-state index in [0.29, 0.717) is 19.0 Å². The molecule has 1 fully saturated rings. The summed E-state index contributed by atoms with van der Waals surface area (Å²) in [6.07, 6.45) is -4.26. The third-order valence-corrected chi connectivity index (χ3v) is 3.05. The van der Waals surface area contributed by atoms with Crippen molar-refractivity contribution in [1.29, 1.82) is 0 Å². The highest BCUT2D eigenvalue weighted by Crippen LogP contribution is 2.32. The Morgan fingerprint density at radius 1 is 1.37 bits per heavy atom. The molecule has 2 N–H and O–H groups in total. The highest BCUT2D eigenvalue weighted by atomic mass is 19.4. The summed E-state index contributed by atoms with van der Waals surface area (Å²) in [4.78, 5) is 13.2. The van der Waals surface area contributed by atoms with Crippen molar-refractivity contribution < 1.29 is 22.4 Å². The maximum Gasteiger partial charge on any atom is 0.419 e. The number of nitrogens with zero attached hydrogens (tertiary/aromatic N) is 1. The number of likely N-dealkylation sites (tertiary alicyclic amines) is 1. The third kappa shape index (κ3) is 2.70. The predicted octanol–water partition coefficient (Wildman–Crippen LogP) is 2.02. The highest BCUT2D eigenvalue weighted by molar-refractivity contribution is 5.95. The first-order valence-electron chi connectivity index (χ1n) is 5.71. The summed E-state index contributed by atoms with van der Waals surface area (Å²) < 4.78 is 51.4. The molecular weight excluding hydrogens is 264 g/mol. The molecule has 0 spiro atoms. The van der Waals surface area contributed by atoms with E-state index in [9.17, 15) is 22.4 Å². The van der Waals surface area contributed by atoms with Crippen molar-refractivity contribution in [3.63, 3.8) is 0 Å². The second-order valence-electron chi connectivity index (χ2n) is 4.46. The molecule has 1 aliphatic rings. The van der Waals surface area contributed by atoms with Crippen LogP contribution >= 0.6 is 0 Å². The fourth-order valence-electron chi connectivity index (χ4n) is 2.06. The van der Waals surface area contributed by atoms with Crippen LogP contribution in [0.15, 0.2) is 18.2 Å². The fourth-order valence-corrected chi connectivity index (χ4v) is 2.06. The third-order valence-electron chi connectivity index (χ3n) is 3.05. The van der Waals surface area contributed by atoms with Gasteiger partial charge in [-0.15, -0.1) is 0 Å². The number of carbonyl (C=O) groups is 1. The summed E-state index contributed by atoms with van der Waals surface area (Å²) in [5.74, 6) is -2.28. The van der Waals surface area contributed by atoms with Crippen LogP contribution < -0.4 is 5.73 Å². The van der Waals surface area contributed by atoms with E-state index in [1.165, 1.54) is 4.90 Å². The molecule has 0 bridgehead atoms. The lowest BCUT2D eigenvalue weighted by atomic mass is 10.1. The number of hydrogen-bond acceptors (Lipinski definition) is 2. The minimum Gasteiger partial charge on any atom is -0.337 e. The number of carbonyl (C=O) groups excluding carboxylic acids is 1. The average molecular weight is 276 g/mol. The van der Waals surface area contributed by atoms with Gasteiger partial charge in [0.15, 0.2) is 0 Å². The molecular formula is C12H12F4N2O. The molecule has 1 saturated heterocycles. The molecule has 19 heavy (non-hydrogen) atoms. The number of nitrogens with two attached hydrogens (primary N) is 1. The second kappa shape index (κ2) is 4.80. The lowest BCUT2D eigenvalue weighted by Gasteiger charge is -2.17. The molecule has 1 atom stereocenters. The molecule has 1 aliphatic heterocycles. The molecule has 1 aromatic carbocycles. The van der Waals surface area contributed by atoms with E-state index in [-0.39, 0.29) is 12.6 Å². The molecule has 0 aliphatic carbocycles. The van der Waals surface area contributed by atoms with Gasteiger partial charge in [-0.25, -0.2) is 4.39 Å². The first-order valence-corrected chi connectivity index (χ1v) is 5.71. The van der Waals surface area contributed by atoms with Crippen molar-refractivity contribution >= 4 is 5.91 Å². The van der Waals surface area contributed by atoms with Crippen LogP contribution in [-0.4, -0.2) is 29.9 Å². The number of hydrogen-bond donors (Lipinski definition) is 1. The van der Waals surface area contributed by atoms with Gasteiger partial charge in [-0.3, -0.25) is 4.79 Å². The van der Waals surface area contributed by atoms with Gasteiger partial charge in [0, 0.05) is 19.1 Å². The molecule has 0 unspecified atom stereocenters. The lowest BCUT2D eigenvalue weighted by Crippen LogP contribution is -2.32. The molecule has 0 saturated carbocycles. The highest BCUT2D eigenvalue weighted by Gasteiger charge is 2.36. The SMILES string of the molecule is N[C@H]1CCN(C(=O)c2cccc(C(F)(F)F)c2F)C1. The Balaban J connectivity index is 2.33. The number of amides is 1. The zero-order valence-corrected chi connectivity index (χ0v) is 9.88. The van der Waals surface area contributed by atoms with E-state index in [1.807, 2.05) is 0 Å². The van der Waals surface area contributed by atoms with Crippen LogP contribution in [0.4, 0.5) is 17.6 Å². The van der Waals surface area contributed by atoms with Crippen LogP contribution in [0.5, 0.6) is 0 Å². The van der Waals surface area contributed by atoms with Crippen LogP contribution in [0.2, 0.25) is 0 Å². The van der Waals surface area contributed by atoms with E-state index < -0.39 is 29.0 Å². The summed E-state index contributed by atoms with van der Waals surface area (Å²) >= 11 is 0. The van der Waals surface area contributed by atoms with Gasteiger partial charge in [0.05, 0.1) is 11.1 Å². The Bertz CT molecular complexity index is 501. The molecule has 3 nitrogen and oxygen atoms in total. The Hall–Kier alpha value is -1.63. The zero-order valence-electron chi connectivity index (χ0n) is 9.88. The maximum absolute atomic E-state index is 13.8. The molecule has 104 valence electrons. The quantitative estimate of drug-likeness (QED) is 0.798. The van der Waals surface area contributed by atoms with Crippen LogP contribution in [0.25, 0.3) is 0 Å².